The molecule has 0 heterocycles. The summed E-state index contributed by atoms with van der Waals surface area (Å²) in [6.45, 7) is 7.00. The first-order valence-electron chi connectivity index (χ1n) is 5.57. The molecule has 0 fully saturated rings. The Hall–Kier alpha value is -1.07. The van der Waals surface area contributed by atoms with Gasteiger partial charge in [0.1, 0.15) is 0 Å². The molecule has 94 valence electrons. The van der Waals surface area contributed by atoms with Gasteiger partial charge in [-0.15, -0.1) is 0 Å². The van der Waals surface area contributed by atoms with Crippen LogP contribution in [-0.2, 0) is 0 Å². The van der Waals surface area contributed by atoms with Crippen molar-refractivity contribution in [2.45, 2.75) is 20.8 Å². The third kappa shape index (κ3) is 4.75. The van der Waals surface area contributed by atoms with Crippen LogP contribution in [0.5, 0.6) is 0 Å². The molecule has 0 radical (unpaired) electrons. The average molecular weight is 299 g/mol. The zero-order valence-corrected chi connectivity index (χ0v) is 12.0. The third-order valence-corrected chi connectivity index (χ3v) is 2.79. The van der Waals surface area contributed by atoms with E-state index in [1.165, 1.54) is 5.56 Å². The number of guanidine groups is 1. The molecule has 0 aliphatic carbocycles. The van der Waals surface area contributed by atoms with Gasteiger partial charge in [0.2, 0.25) is 5.96 Å². The monoisotopic (exact) mass is 298 g/mol. The molecule has 4 nitrogen and oxygen atoms in total. The highest BCUT2D eigenvalue weighted by molar-refractivity contribution is 9.10. The number of hydrazine groups is 1. The Labute approximate surface area is 111 Å². The van der Waals surface area contributed by atoms with Gasteiger partial charge in [-0.05, 0) is 46.5 Å². The van der Waals surface area contributed by atoms with Crippen LogP contribution in [0.25, 0.3) is 0 Å². The van der Waals surface area contributed by atoms with Crippen molar-refractivity contribution in [3.63, 3.8) is 0 Å². The number of aryl methyl sites for hydroxylation is 1. The molecular weight excluding hydrogens is 280 g/mol. The summed E-state index contributed by atoms with van der Waals surface area (Å²) in [5, 5.41) is 3.15. The van der Waals surface area contributed by atoms with E-state index in [9.17, 15) is 0 Å². The van der Waals surface area contributed by atoms with Crippen LogP contribution < -0.4 is 16.6 Å². The Morgan fingerprint density at radius 2 is 2.18 bits per heavy atom. The van der Waals surface area contributed by atoms with Crippen LogP contribution in [0.3, 0.4) is 0 Å². The molecule has 0 unspecified atom stereocenters. The van der Waals surface area contributed by atoms with Crippen LogP contribution in [0.1, 0.15) is 19.4 Å². The van der Waals surface area contributed by atoms with E-state index in [4.69, 9.17) is 5.84 Å². The Bertz CT molecular complexity index is 401. The lowest BCUT2D eigenvalue weighted by atomic mass is 10.2. The minimum atomic E-state index is 0.501. The summed E-state index contributed by atoms with van der Waals surface area (Å²) in [5.41, 5.74) is 4.70. The van der Waals surface area contributed by atoms with Crippen LogP contribution >= 0.6 is 15.9 Å². The second-order valence-corrected chi connectivity index (χ2v) is 5.19. The first kappa shape index (κ1) is 14.0. The molecule has 0 aliphatic heterocycles. The number of hydrogen-bond donors (Lipinski definition) is 3. The molecule has 0 bridgehead atoms. The van der Waals surface area contributed by atoms with Gasteiger partial charge < -0.3 is 5.32 Å². The van der Waals surface area contributed by atoms with Gasteiger partial charge in [0.25, 0.3) is 0 Å². The van der Waals surface area contributed by atoms with Crippen molar-refractivity contribution in [2.24, 2.45) is 16.8 Å². The number of aliphatic imine (C=N–C) groups is 1. The highest BCUT2D eigenvalue weighted by Crippen LogP contribution is 2.23. The molecule has 0 spiro atoms. The molecule has 17 heavy (non-hydrogen) atoms. The van der Waals surface area contributed by atoms with E-state index in [1.807, 2.05) is 25.1 Å². The van der Waals surface area contributed by atoms with Gasteiger partial charge in [0.05, 0.1) is 5.69 Å². The fourth-order valence-corrected chi connectivity index (χ4v) is 1.84. The van der Waals surface area contributed by atoms with Crippen LogP contribution in [-0.4, -0.2) is 12.5 Å². The van der Waals surface area contributed by atoms with Gasteiger partial charge in [-0.25, -0.2) is 5.84 Å². The molecule has 0 saturated heterocycles. The number of hydrogen-bond acceptors (Lipinski definition) is 2. The molecule has 0 aliphatic rings. The first-order chi connectivity index (χ1) is 8.02. The molecule has 0 amide bonds. The fraction of sp³-hybridized carbons (Fsp3) is 0.417. The summed E-state index contributed by atoms with van der Waals surface area (Å²) in [4.78, 5) is 4.35. The van der Waals surface area contributed by atoms with Crippen LogP contribution in [0.15, 0.2) is 27.7 Å². The van der Waals surface area contributed by atoms with Crippen molar-refractivity contribution in [2.75, 3.05) is 11.9 Å². The van der Waals surface area contributed by atoms with E-state index in [0.29, 0.717) is 11.9 Å². The zero-order valence-electron chi connectivity index (χ0n) is 10.4. The molecule has 0 saturated carbocycles. The maximum atomic E-state index is 5.43. The summed E-state index contributed by atoms with van der Waals surface area (Å²) in [7, 11) is 0. The zero-order chi connectivity index (χ0) is 12.8. The molecule has 0 atom stereocenters. The number of nitrogens with two attached hydrogens (primary N) is 1. The molecule has 4 N–H and O–H groups in total. The smallest absolute Gasteiger partial charge is 0.210 e. The number of nitrogens with zero attached hydrogens (tertiary/aromatic N) is 1. The maximum Gasteiger partial charge on any atom is 0.210 e. The van der Waals surface area contributed by atoms with Gasteiger partial charge in [-0.2, -0.15) is 0 Å². The molecule has 0 aromatic heterocycles. The van der Waals surface area contributed by atoms with Crippen molar-refractivity contribution in [3.05, 3.63) is 28.2 Å². The van der Waals surface area contributed by atoms with Gasteiger partial charge >= 0.3 is 0 Å². The van der Waals surface area contributed by atoms with Crippen molar-refractivity contribution in [1.82, 2.24) is 5.43 Å². The summed E-state index contributed by atoms with van der Waals surface area (Å²) in [6, 6.07) is 6.06. The molecule has 1 aromatic rings. The number of benzene rings is 1. The van der Waals surface area contributed by atoms with E-state index in [2.05, 4.69) is 45.5 Å². The minimum Gasteiger partial charge on any atom is -0.324 e. The number of rotatable bonds is 3. The quantitative estimate of drug-likeness (QED) is 0.348. The van der Waals surface area contributed by atoms with Gasteiger partial charge in [0, 0.05) is 11.0 Å². The third-order valence-electron chi connectivity index (χ3n) is 2.13. The van der Waals surface area contributed by atoms with E-state index < -0.39 is 0 Å². The second-order valence-electron chi connectivity index (χ2n) is 4.34. The van der Waals surface area contributed by atoms with E-state index in [0.717, 1.165) is 16.7 Å². The van der Waals surface area contributed by atoms with E-state index in [1.54, 1.807) is 0 Å². The summed E-state index contributed by atoms with van der Waals surface area (Å²) >= 11 is 3.50. The predicted octanol–water partition coefficient (Wildman–Crippen LogP) is 2.64. The van der Waals surface area contributed by atoms with Gasteiger partial charge in [0.15, 0.2) is 0 Å². The molecule has 5 heteroatoms. The summed E-state index contributed by atoms with van der Waals surface area (Å²) in [5.74, 6) is 6.50. The van der Waals surface area contributed by atoms with Crippen LogP contribution in [0, 0.1) is 12.8 Å². The lowest BCUT2D eigenvalue weighted by molar-refractivity contribution is 0.663. The van der Waals surface area contributed by atoms with Crippen molar-refractivity contribution in [1.29, 1.82) is 0 Å². The van der Waals surface area contributed by atoms with Gasteiger partial charge in [-0.1, -0.05) is 19.9 Å². The minimum absolute atomic E-state index is 0.501. The second kappa shape index (κ2) is 6.61. The molecule has 1 rings (SSSR count). The van der Waals surface area contributed by atoms with Crippen LogP contribution in [0.2, 0.25) is 0 Å². The maximum absolute atomic E-state index is 5.43. The van der Waals surface area contributed by atoms with Gasteiger partial charge in [-0.3, -0.25) is 10.4 Å². The molecule has 1 aromatic carbocycles. The lowest BCUT2D eigenvalue weighted by Gasteiger charge is -2.12. The average Bonchev–Trinajstić information content (AvgIpc) is 2.26. The summed E-state index contributed by atoms with van der Waals surface area (Å²) in [6.07, 6.45) is 0. The molecular formula is C12H19BrN4. The van der Waals surface area contributed by atoms with Crippen molar-refractivity contribution < 1.29 is 0 Å². The number of anilines is 1. The van der Waals surface area contributed by atoms with Crippen molar-refractivity contribution in [3.8, 4) is 0 Å². The largest absolute Gasteiger partial charge is 0.324 e. The first-order valence-corrected chi connectivity index (χ1v) is 6.36. The Morgan fingerprint density at radius 3 is 2.71 bits per heavy atom. The van der Waals surface area contributed by atoms with Crippen molar-refractivity contribution >= 4 is 27.6 Å². The Balaban J connectivity index is 2.77. The van der Waals surface area contributed by atoms with E-state index >= 15 is 0 Å². The fourth-order valence-electron chi connectivity index (χ4n) is 1.24. The summed E-state index contributed by atoms with van der Waals surface area (Å²) < 4.78 is 0.991. The highest BCUT2D eigenvalue weighted by Gasteiger charge is 2.03. The van der Waals surface area contributed by atoms with E-state index in [-0.39, 0.29) is 0 Å². The predicted molar refractivity (Wildman–Crippen MR) is 77.0 cm³/mol. The normalized spacial score (nSPS) is 11.8. The number of nitrogens with one attached hydrogen (secondary N) is 2. The lowest BCUT2D eigenvalue weighted by Crippen LogP contribution is -2.36. The highest BCUT2D eigenvalue weighted by atomic mass is 79.9. The Kier molecular flexibility index (Phi) is 5.44. The SMILES string of the molecule is Cc1ccc(NC(=NCC(C)C)NN)c(Br)c1. The van der Waals surface area contributed by atoms with Crippen LogP contribution in [0.4, 0.5) is 5.69 Å². The Morgan fingerprint density at radius 1 is 1.47 bits per heavy atom. The standard InChI is InChI=1S/C12H19BrN4/c1-8(2)7-15-12(17-14)16-11-5-4-9(3)6-10(11)13/h4-6,8H,7,14H2,1-3H3,(H2,15,16,17). The number of halogens is 1. The topological polar surface area (TPSA) is 62.4 Å².